The Morgan fingerprint density at radius 1 is 1.37 bits per heavy atom. The summed E-state index contributed by atoms with van der Waals surface area (Å²) >= 11 is 0. The van der Waals surface area contributed by atoms with Gasteiger partial charge in [-0.15, -0.1) is 0 Å². The third-order valence-electron chi connectivity index (χ3n) is 3.74. The van der Waals surface area contributed by atoms with Gasteiger partial charge in [0.15, 0.2) is 0 Å². The molecule has 1 aliphatic heterocycles. The molecule has 0 radical (unpaired) electrons. The largest absolute Gasteiger partial charge is 0.356 e. The van der Waals surface area contributed by atoms with E-state index in [1.807, 2.05) is 6.07 Å². The second kappa shape index (κ2) is 6.16. The van der Waals surface area contributed by atoms with Crippen LogP contribution in [0.4, 0.5) is 11.6 Å². The fraction of sp³-hybridized carbons (Fsp3) is 0.692. The van der Waals surface area contributed by atoms with E-state index in [0.29, 0.717) is 11.9 Å². The summed E-state index contributed by atoms with van der Waals surface area (Å²) in [6, 6.07) is 2.60. The van der Waals surface area contributed by atoms with E-state index < -0.39 is 0 Å². The summed E-state index contributed by atoms with van der Waals surface area (Å²) in [6.07, 6.45) is 3.16. The highest BCUT2D eigenvalue weighted by Crippen LogP contribution is 2.22. The fourth-order valence-electron chi connectivity index (χ4n) is 2.49. The van der Waals surface area contributed by atoms with Crippen molar-refractivity contribution in [1.82, 2.24) is 14.9 Å². The number of nitrogens with one attached hydrogen (secondary N) is 1. The molecule has 2 heterocycles. The standard InChI is InChI=1S/C13H24N6/c1-4-11-15-12(17-14)9-13(16-11)19-7-5-10(6-8-19)18(2)3/h9-10H,4-8,14H2,1-3H3,(H,15,16,17). The third kappa shape index (κ3) is 3.33. The van der Waals surface area contributed by atoms with Gasteiger partial charge in [-0.3, -0.25) is 0 Å². The molecule has 3 N–H and O–H groups in total. The van der Waals surface area contributed by atoms with Gasteiger partial charge in [-0.2, -0.15) is 0 Å². The predicted octanol–water partition coefficient (Wildman–Crippen LogP) is 0.855. The number of nitrogens with two attached hydrogens (primary N) is 1. The second-order valence-corrected chi connectivity index (χ2v) is 5.21. The van der Waals surface area contributed by atoms with Crippen LogP contribution in [0.1, 0.15) is 25.6 Å². The maximum Gasteiger partial charge on any atom is 0.145 e. The SMILES string of the molecule is CCc1nc(NN)cc(N2CCC(N(C)C)CC2)n1. The van der Waals surface area contributed by atoms with Crippen LogP contribution in [-0.4, -0.2) is 48.1 Å². The molecule has 0 amide bonds. The minimum Gasteiger partial charge on any atom is -0.356 e. The Kier molecular flexibility index (Phi) is 4.55. The quantitative estimate of drug-likeness (QED) is 0.621. The lowest BCUT2D eigenvalue weighted by Gasteiger charge is -2.36. The summed E-state index contributed by atoms with van der Waals surface area (Å²) in [4.78, 5) is 13.6. The van der Waals surface area contributed by atoms with Crippen LogP contribution in [0, 0.1) is 0 Å². The number of hydrazine groups is 1. The van der Waals surface area contributed by atoms with Crippen molar-refractivity contribution in [3.8, 4) is 0 Å². The molecule has 1 aliphatic rings. The number of rotatable bonds is 4. The zero-order valence-corrected chi connectivity index (χ0v) is 12.1. The van der Waals surface area contributed by atoms with E-state index in [2.05, 4.69) is 46.2 Å². The first kappa shape index (κ1) is 14.0. The number of hydrogen-bond acceptors (Lipinski definition) is 6. The minimum atomic E-state index is 0.677. The van der Waals surface area contributed by atoms with E-state index in [0.717, 1.165) is 31.2 Å². The molecule has 1 aromatic heterocycles. The van der Waals surface area contributed by atoms with Crippen molar-refractivity contribution in [2.24, 2.45) is 5.84 Å². The Morgan fingerprint density at radius 3 is 2.58 bits per heavy atom. The Bertz CT molecular complexity index is 389. The lowest BCUT2D eigenvalue weighted by molar-refractivity contribution is 0.249. The molecule has 6 nitrogen and oxygen atoms in total. The highest BCUT2D eigenvalue weighted by Gasteiger charge is 2.22. The Labute approximate surface area is 115 Å². The van der Waals surface area contributed by atoms with Crippen molar-refractivity contribution in [2.45, 2.75) is 32.2 Å². The molecule has 1 saturated heterocycles. The van der Waals surface area contributed by atoms with E-state index in [-0.39, 0.29) is 0 Å². The summed E-state index contributed by atoms with van der Waals surface area (Å²) in [5.41, 5.74) is 2.62. The number of hydrogen-bond donors (Lipinski definition) is 2. The molecule has 0 spiro atoms. The molecule has 0 aliphatic carbocycles. The van der Waals surface area contributed by atoms with Gasteiger partial charge >= 0.3 is 0 Å². The van der Waals surface area contributed by atoms with Crippen molar-refractivity contribution >= 4 is 11.6 Å². The van der Waals surface area contributed by atoms with Gasteiger partial charge in [-0.05, 0) is 26.9 Å². The molecule has 1 fully saturated rings. The highest BCUT2D eigenvalue weighted by atomic mass is 15.3. The molecule has 6 heteroatoms. The zero-order valence-electron chi connectivity index (χ0n) is 12.1. The number of piperidine rings is 1. The van der Waals surface area contributed by atoms with E-state index in [1.54, 1.807) is 0 Å². The number of anilines is 2. The van der Waals surface area contributed by atoms with Crippen LogP contribution >= 0.6 is 0 Å². The number of nitrogens with zero attached hydrogens (tertiary/aromatic N) is 4. The van der Waals surface area contributed by atoms with E-state index in [1.165, 1.54) is 12.8 Å². The minimum absolute atomic E-state index is 0.677. The second-order valence-electron chi connectivity index (χ2n) is 5.21. The summed E-state index contributed by atoms with van der Waals surface area (Å²) < 4.78 is 0. The molecule has 1 aromatic rings. The van der Waals surface area contributed by atoms with Crippen molar-refractivity contribution in [3.05, 3.63) is 11.9 Å². The van der Waals surface area contributed by atoms with Crippen LogP contribution in [0.3, 0.4) is 0 Å². The van der Waals surface area contributed by atoms with Gasteiger partial charge in [0.25, 0.3) is 0 Å². The number of aryl methyl sites for hydroxylation is 1. The van der Waals surface area contributed by atoms with Gasteiger partial charge in [0.2, 0.25) is 0 Å². The summed E-state index contributed by atoms with van der Waals surface area (Å²) in [5.74, 6) is 7.98. The van der Waals surface area contributed by atoms with Crippen LogP contribution in [-0.2, 0) is 6.42 Å². The van der Waals surface area contributed by atoms with Gasteiger partial charge in [0.05, 0.1) is 0 Å². The van der Waals surface area contributed by atoms with Crippen LogP contribution in [0.25, 0.3) is 0 Å². The van der Waals surface area contributed by atoms with Crippen molar-refractivity contribution in [2.75, 3.05) is 37.5 Å². The van der Waals surface area contributed by atoms with Gasteiger partial charge in [0, 0.05) is 31.6 Å². The lowest BCUT2D eigenvalue weighted by atomic mass is 10.0. The van der Waals surface area contributed by atoms with Gasteiger partial charge < -0.3 is 15.2 Å². The third-order valence-corrected chi connectivity index (χ3v) is 3.74. The fourth-order valence-corrected chi connectivity index (χ4v) is 2.49. The van der Waals surface area contributed by atoms with Crippen molar-refractivity contribution in [3.63, 3.8) is 0 Å². The Hall–Kier alpha value is -1.40. The summed E-state index contributed by atoms with van der Waals surface area (Å²) in [7, 11) is 4.30. The van der Waals surface area contributed by atoms with Crippen molar-refractivity contribution in [1.29, 1.82) is 0 Å². The van der Waals surface area contributed by atoms with Crippen LogP contribution in [0.15, 0.2) is 6.07 Å². The van der Waals surface area contributed by atoms with Crippen LogP contribution in [0.2, 0.25) is 0 Å². The number of nitrogen functional groups attached to an aromatic ring is 1. The van der Waals surface area contributed by atoms with Crippen molar-refractivity contribution < 1.29 is 0 Å². The molecular weight excluding hydrogens is 240 g/mol. The van der Waals surface area contributed by atoms with E-state index >= 15 is 0 Å². The molecule has 106 valence electrons. The van der Waals surface area contributed by atoms with E-state index in [9.17, 15) is 0 Å². The van der Waals surface area contributed by atoms with Crippen LogP contribution in [0.5, 0.6) is 0 Å². The first-order valence-electron chi connectivity index (χ1n) is 6.90. The summed E-state index contributed by atoms with van der Waals surface area (Å²) in [6.45, 7) is 4.12. The smallest absolute Gasteiger partial charge is 0.145 e. The maximum absolute atomic E-state index is 5.47. The lowest BCUT2D eigenvalue weighted by Crippen LogP contribution is -2.42. The molecule has 0 atom stereocenters. The molecular formula is C13H24N6. The number of aromatic nitrogens is 2. The molecule has 2 rings (SSSR count). The predicted molar refractivity (Wildman–Crippen MR) is 78.1 cm³/mol. The molecule has 19 heavy (non-hydrogen) atoms. The van der Waals surface area contributed by atoms with Crippen LogP contribution < -0.4 is 16.2 Å². The van der Waals surface area contributed by atoms with Gasteiger partial charge in [-0.1, -0.05) is 6.92 Å². The zero-order chi connectivity index (χ0) is 13.8. The monoisotopic (exact) mass is 264 g/mol. The topological polar surface area (TPSA) is 70.3 Å². The average Bonchev–Trinajstić information content (AvgIpc) is 2.46. The Balaban J connectivity index is 2.10. The van der Waals surface area contributed by atoms with Gasteiger partial charge in [-0.25, -0.2) is 15.8 Å². The molecule has 0 aromatic carbocycles. The summed E-state index contributed by atoms with van der Waals surface area (Å²) in [5, 5.41) is 0. The molecule has 0 bridgehead atoms. The maximum atomic E-state index is 5.47. The highest BCUT2D eigenvalue weighted by molar-refractivity contribution is 5.49. The Morgan fingerprint density at radius 2 is 2.05 bits per heavy atom. The average molecular weight is 264 g/mol. The molecule has 0 saturated carbocycles. The first-order chi connectivity index (χ1) is 9.13. The van der Waals surface area contributed by atoms with Gasteiger partial charge in [0.1, 0.15) is 17.5 Å². The molecule has 0 unspecified atom stereocenters. The van der Waals surface area contributed by atoms with E-state index in [4.69, 9.17) is 5.84 Å². The first-order valence-corrected chi connectivity index (χ1v) is 6.90. The normalized spacial score (nSPS) is 17.0.